The second-order valence-electron chi connectivity index (χ2n) is 4.62. The van der Waals surface area contributed by atoms with Crippen molar-refractivity contribution in [1.29, 1.82) is 0 Å². The van der Waals surface area contributed by atoms with Gasteiger partial charge in [0.2, 0.25) is 0 Å². The van der Waals surface area contributed by atoms with Gasteiger partial charge in [-0.05, 0) is 24.6 Å². The highest BCUT2D eigenvalue weighted by molar-refractivity contribution is 9.10. The smallest absolute Gasteiger partial charge is 0.377 e. The first-order chi connectivity index (χ1) is 8.88. The Kier molecular flexibility index (Phi) is 4.20. The first-order valence-electron chi connectivity index (χ1n) is 5.96. The fraction of sp³-hybridized carbons (Fsp3) is 0.462. The lowest BCUT2D eigenvalue weighted by Crippen LogP contribution is -2.29. The molecule has 19 heavy (non-hydrogen) atoms. The zero-order valence-corrected chi connectivity index (χ0v) is 11.9. The van der Waals surface area contributed by atoms with Crippen LogP contribution in [0.2, 0.25) is 0 Å². The Hall–Kier alpha value is -1.01. The van der Waals surface area contributed by atoms with Gasteiger partial charge >= 0.3 is 11.9 Å². The summed E-state index contributed by atoms with van der Waals surface area (Å²) in [6.07, 6.45) is -1.31. The van der Waals surface area contributed by atoms with Gasteiger partial charge in [-0.2, -0.15) is 8.78 Å². The third kappa shape index (κ3) is 3.51. The van der Waals surface area contributed by atoms with Crippen LogP contribution in [0.25, 0.3) is 0 Å². The molecular formula is C13H14BrF2NO2. The second-order valence-corrected chi connectivity index (χ2v) is 5.53. The van der Waals surface area contributed by atoms with Crippen LogP contribution >= 0.6 is 15.9 Å². The number of alkyl halides is 2. The van der Waals surface area contributed by atoms with Crippen LogP contribution in [0.4, 0.5) is 8.78 Å². The van der Waals surface area contributed by atoms with Crippen LogP contribution in [-0.4, -0.2) is 24.5 Å². The quantitative estimate of drug-likeness (QED) is 0.860. The molecule has 6 heteroatoms. The molecule has 1 aliphatic heterocycles. The third-order valence-electron chi connectivity index (χ3n) is 3.08. The molecule has 104 valence electrons. The number of carbonyl (C=O) groups is 1. The van der Waals surface area contributed by atoms with Crippen molar-refractivity contribution in [3.8, 4) is 0 Å². The highest BCUT2D eigenvalue weighted by Gasteiger charge is 2.50. The minimum atomic E-state index is -3.34. The lowest BCUT2D eigenvalue weighted by atomic mass is 10.1. The van der Waals surface area contributed by atoms with E-state index in [1.54, 1.807) is 0 Å². The highest BCUT2D eigenvalue weighted by atomic mass is 79.9. The number of ether oxygens (including phenoxy) is 1. The van der Waals surface area contributed by atoms with Crippen molar-refractivity contribution in [2.75, 3.05) is 6.54 Å². The summed E-state index contributed by atoms with van der Waals surface area (Å²) in [5.41, 5.74) is 1.04. The molecule has 3 nitrogen and oxygen atoms in total. The molecule has 0 spiro atoms. The van der Waals surface area contributed by atoms with Crippen molar-refractivity contribution in [1.82, 2.24) is 5.32 Å². The molecule has 1 saturated heterocycles. The first-order valence-corrected chi connectivity index (χ1v) is 6.75. The largest absolute Gasteiger partial charge is 0.456 e. The molecule has 0 saturated carbocycles. The van der Waals surface area contributed by atoms with Crippen LogP contribution in [0.1, 0.15) is 24.9 Å². The Morgan fingerprint density at radius 1 is 1.47 bits per heavy atom. The number of cyclic esters (lactones) is 1. The number of carbonyl (C=O) groups excluding carboxylic acids is 1. The van der Waals surface area contributed by atoms with Gasteiger partial charge in [0.25, 0.3) is 0 Å². The van der Waals surface area contributed by atoms with E-state index in [0.717, 1.165) is 10.0 Å². The van der Waals surface area contributed by atoms with Gasteiger partial charge in [0.15, 0.2) is 0 Å². The highest BCUT2D eigenvalue weighted by Crippen LogP contribution is 2.30. The lowest BCUT2D eigenvalue weighted by Gasteiger charge is -2.16. The minimum absolute atomic E-state index is 0.000949. The van der Waals surface area contributed by atoms with Crippen LogP contribution in [-0.2, 0) is 9.53 Å². The number of halogens is 3. The van der Waals surface area contributed by atoms with E-state index >= 15 is 0 Å². The molecule has 2 atom stereocenters. The molecule has 1 N–H and O–H groups in total. The van der Waals surface area contributed by atoms with Crippen LogP contribution < -0.4 is 5.32 Å². The summed E-state index contributed by atoms with van der Waals surface area (Å²) in [7, 11) is 0. The molecule has 2 rings (SSSR count). The maximum atomic E-state index is 13.0. The Bertz CT molecular complexity index is 464. The number of esters is 1. The molecule has 1 unspecified atom stereocenters. The van der Waals surface area contributed by atoms with Crippen molar-refractivity contribution in [3.63, 3.8) is 0 Å². The monoisotopic (exact) mass is 333 g/mol. The average Bonchev–Trinajstić information content (AvgIpc) is 2.61. The van der Waals surface area contributed by atoms with Crippen LogP contribution in [0.3, 0.4) is 0 Å². The zero-order chi connectivity index (χ0) is 14.0. The van der Waals surface area contributed by atoms with Gasteiger partial charge in [-0.25, -0.2) is 4.79 Å². The van der Waals surface area contributed by atoms with E-state index in [2.05, 4.69) is 26.0 Å². The number of hydrogen-bond donors (Lipinski definition) is 1. The van der Waals surface area contributed by atoms with Crippen molar-refractivity contribution < 1.29 is 18.3 Å². The van der Waals surface area contributed by atoms with E-state index in [4.69, 9.17) is 0 Å². The Morgan fingerprint density at radius 2 is 2.11 bits per heavy atom. The number of nitrogens with one attached hydrogen (secondary N) is 1. The third-order valence-corrected chi connectivity index (χ3v) is 3.61. The molecule has 1 fully saturated rings. The summed E-state index contributed by atoms with van der Waals surface area (Å²) >= 11 is 3.35. The number of rotatable bonds is 4. The standard InChI is InChI=1S/C13H14BrF2NO2/c1-8(9-2-4-10(14)5-3-9)17-7-11-6-13(15,16)12(18)19-11/h2-5,8,11,17H,6-7H2,1H3/t8-,11?/m1/s1. The van der Waals surface area contributed by atoms with Crippen molar-refractivity contribution >= 4 is 21.9 Å². The molecule has 1 aromatic carbocycles. The van der Waals surface area contributed by atoms with Crippen molar-refractivity contribution in [2.24, 2.45) is 0 Å². The predicted molar refractivity (Wildman–Crippen MR) is 70.0 cm³/mol. The summed E-state index contributed by atoms with van der Waals surface area (Å²) < 4.78 is 31.5. The maximum absolute atomic E-state index is 13.0. The van der Waals surface area contributed by atoms with Gasteiger partial charge in [-0.3, -0.25) is 0 Å². The van der Waals surface area contributed by atoms with Gasteiger partial charge in [0.1, 0.15) is 6.10 Å². The van der Waals surface area contributed by atoms with Gasteiger partial charge in [-0.15, -0.1) is 0 Å². The normalized spacial score (nSPS) is 23.2. The lowest BCUT2D eigenvalue weighted by molar-refractivity contribution is -0.159. The molecular weight excluding hydrogens is 320 g/mol. The fourth-order valence-electron chi connectivity index (χ4n) is 1.94. The van der Waals surface area contributed by atoms with Gasteiger partial charge in [0.05, 0.1) is 6.42 Å². The van der Waals surface area contributed by atoms with Gasteiger partial charge < -0.3 is 10.1 Å². The minimum Gasteiger partial charge on any atom is -0.456 e. The van der Waals surface area contributed by atoms with Crippen molar-refractivity contribution in [3.05, 3.63) is 34.3 Å². The maximum Gasteiger partial charge on any atom is 0.377 e. The number of benzene rings is 1. The molecule has 0 radical (unpaired) electrons. The van der Waals surface area contributed by atoms with E-state index in [0.29, 0.717) is 0 Å². The van der Waals surface area contributed by atoms with E-state index in [1.165, 1.54) is 0 Å². The van der Waals surface area contributed by atoms with E-state index in [-0.39, 0.29) is 12.6 Å². The predicted octanol–water partition coefficient (Wildman–Crippen LogP) is 3.05. The first kappa shape index (κ1) is 14.4. The average molecular weight is 334 g/mol. The molecule has 0 aliphatic carbocycles. The Labute approximate surface area is 118 Å². The molecule has 1 heterocycles. The summed E-state index contributed by atoms with van der Waals surface area (Å²) in [6.45, 7) is 2.15. The fourth-order valence-corrected chi connectivity index (χ4v) is 2.20. The summed E-state index contributed by atoms with van der Waals surface area (Å²) in [5, 5.41) is 3.09. The summed E-state index contributed by atoms with van der Waals surface area (Å²) in [5.74, 6) is -4.76. The summed E-state index contributed by atoms with van der Waals surface area (Å²) in [6, 6.07) is 7.71. The van der Waals surface area contributed by atoms with Gasteiger partial charge in [0, 0.05) is 17.1 Å². The SMILES string of the molecule is C[C@@H](NCC1CC(F)(F)C(=O)O1)c1ccc(Br)cc1. The van der Waals surface area contributed by atoms with Crippen LogP contribution in [0, 0.1) is 0 Å². The molecule has 0 aromatic heterocycles. The molecule has 0 amide bonds. The molecule has 1 aromatic rings. The Balaban J connectivity index is 1.86. The van der Waals surface area contributed by atoms with E-state index in [1.807, 2.05) is 31.2 Å². The second kappa shape index (κ2) is 5.54. The van der Waals surface area contributed by atoms with Crippen molar-refractivity contribution in [2.45, 2.75) is 31.4 Å². The van der Waals surface area contributed by atoms with Gasteiger partial charge in [-0.1, -0.05) is 28.1 Å². The molecule has 1 aliphatic rings. The van der Waals surface area contributed by atoms with E-state index in [9.17, 15) is 13.6 Å². The molecule has 0 bridgehead atoms. The van der Waals surface area contributed by atoms with Crippen LogP contribution in [0.5, 0.6) is 0 Å². The topological polar surface area (TPSA) is 38.3 Å². The Morgan fingerprint density at radius 3 is 2.63 bits per heavy atom. The van der Waals surface area contributed by atoms with E-state index < -0.39 is 24.4 Å². The number of hydrogen-bond acceptors (Lipinski definition) is 3. The van der Waals surface area contributed by atoms with Crippen LogP contribution in [0.15, 0.2) is 28.7 Å². The summed E-state index contributed by atoms with van der Waals surface area (Å²) in [4.78, 5) is 10.9. The zero-order valence-electron chi connectivity index (χ0n) is 10.3.